The molecule has 0 saturated heterocycles. The Morgan fingerprint density at radius 3 is 2.38 bits per heavy atom. The van der Waals surface area contributed by atoms with Gasteiger partial charge in [0.2, 0.25) is 5.91 Å². The van der Waals surface area contributed by atoms with Crippen LogP contribution in [0.25, 0.3) is 0 Å². The first-order valence-electron chi connectivity index (χ1n) is 11.9. The molecule has 1 aromatic carbocycles. The molecule has 1 aliphatic carbocycles. The summed E-state index contributed by atoms with van der Waals surface area (Å²) < 4.78 is 15.9. The zero-order valence-electron chi connectivity index (χ0n) is 20.0. The van der Waals surface area contributed by atoms with Crippen molar-refractivity contribution in [3.05, 3.63) is 29.3 Å². The van der Waals surface area contributed by atoms with Crippen LogP contribution in [0.4, 0.5) is 0 Å². The first-order chi connectivity index (χ1) is 16.3. The number of methoxy groups -OCH3 is 1. The zero-order valence-corrected chi connectivity index (χ0v) is 20.8. The lowest BCUT2D eigenvalue weighted by Gasteiger charge is -2.32. The molecule has 0 unspecified atom stereocenters. The molecule has 8 nitrogen and oxygen atoms in total. The molecule has 190 valence electrons. The average molecular weight is 498 g/mol. The van der Waals surface area contributed by atoms with Gasteiger partial charge in [-0.1, -0.05) is 24.4 Å². The molecule has 9 heteroatoms. The van der Waals surface area contributed by atoms with Gasteiger partial charge in [0.05, 0.1) is 31.0 Å². The van der Waals surface area contributed by atoms with Crippen molar-refractivity contribution >= 4 is 29.4 Å². The molecule has 0 heterocycles. The maximum absolute atomic E-state index is 13.5. The standard InChI is InChI=1S/C25H36ClNO7/c1-3-33-22(28)16-20(11-15-34-21-8-6-19(26)7-9-21)27-24(31)25(12-4-5-13-25)17-18(23(29)30)10-14-32-2/h6-9,18,20H,3-5,10-17H2,1-2H3,(H,27,31)(H,29,30)/t18-,20+/m1/s1. The highest BCUT2D eigenvalue weighted by Crippen LogP contribution is 2.44. The Kier molecular flexibility index (Phi) is 11.6. The number of carbonyl (C=O) groups is 3. The van der Waals surface area contributed by atoms with E-state index in [1.807, 2.05) is 0 Å². The summed E-state index contributed by atoms with van der Waals surface area (Å²) in [5.41, 5.74) is -0.763. The summed E-state index contributed by atoms with van der Waals surface area (Å²) in [6.45, 7) is 2.59. The van der Waals surface area contributed by atoms with Crippen molar-refractivity contribution < 1.29 is 33.7 Å². The number of rotatable bonds is 15. The van der Waals surface area contributed by atoms with E-state index in [1.54, 1.807) is 31.2 Å². The smallest absolute Gasteiger partial charge is 0.307 e. The molecule has 0 spiro atoms. The van der Waals surface area contributed by atoms with Crippen LogP contribution in [0.3, 0.4) is 0 Å². The fourth-order valence-electron chi connectivity index (χ4n) is 4.45. The number of hydrogen-bond acceptors (Lipinski definition) is 6. The first-order valence-corrected chi connectivity index (χ1v) is 12.2. The van der Waals surface area contributed by atoms with Crippen molar-refractivity contribution in [2.75, 3.05) is 26.9 Å². The van der Waals surface area contributed by atoms with Crippen molar-refractivity contribution in [3.8, 4) is 5.75 Å². The summed E-state index contributed by atoms with van der Waals surface area (Å²) in [5.74, 6) is -1.55. The van der Waals surface area contributed by atoms with Crippen molar-refractivity contribution in [1.29, 1.82) is 0 Å². The van der Waals surface area contributed by atoms with Gasteiger partial charge in [-0.2, -0.15) is 0 Å². The van der Waals surface area contributed by atoms with E-state index >= 15 is 0 Å². The van der Waals surface area contributed by atoms with Gasteiger partial charge in [0.15, 0.2) is 0 Å². The summed E-state index contributed by atoms with van der Waals surface area (Å²) in [4.78, 5) is 37.5. The number of carboxylic acids is 1. The first kappa shape index (κ1) is 27.9. The third-order valence-electron chi connectivity index (χ3n) is 6.30. The summed E-state index contributed by atoms with van der Waals surface area (Å²) in [6, 6.07) is 6.46. The van der Waals surface area contributed by atoms with Crippen molar-refractivity contribution in [1.82, 2.24) is 5.32 Å². The van der Waals surface area contributed by atoms with Gasteiger partial charge in [-0.05, 0) is 56.9 Å². The summed E-state index contributed by atoms with van der Waals surface area (Å²) in [7, 11) is 1.53. The van der Waals surface area contributed by atoms with Gasteiger partial charge in [-0.15, -0.1) is 0 Å². The van der Waals surface area contributed by atoms with Crippen LogP contribution >= 0.6 is 11.6 Å². The van der Waals surface area contributed by atoms with E-state index in [9.17, 15) is 19.5 Å². The highest BCUT2D eigenvalue weighted by molar-refractivity contribution is 6.30. The van der Waals surface area contributed by atoms with Crippen LogP contribution < -0.4 is 10.1 Å². The maximum atomic E-state index is 13.5. The number of carboxylic acid groups (broad SMARTS) is 1. The minimum Gasteiger partial charge on any atom is -0.494 e. The number of ether oxygens (including phenoxy) is 3. The number of amides is 1. The molecule has 1 saturated carbocycles. The highest BCUT2D eigenvalue weighted by atomic mass is 35.5. The minimum absolute atomic E-state index is 0.0195. The third kappa shape index (κ3) is 8.80. The Balaban J connectivity index is 2.07. The quantitative estimate of drug-likeness (QED) is 0.349. The Morgan fingerprint density at radius 2 is 1.79 bits per heavy atom. The molecule has 0 aliphatic heterocycles. The molecule has 1 amide bonds. The van der Waals surface area contributed by atoms with Gasteiger partial charge in [-0.3, -0.25) is 14.4 Å². The normalized spacial score (nSPS) is 16.4. The molecule has 2 N–H and O–H groups in total. The Bertz CT molecular complexity index is 793. The number of hydrogen-bond donors (Lipinski definition) is 2. The second-order valence-corrected chi connectivity index (χ2v) is 9.22. The van der Waals surface area contributed by atoms with Crippen LogP contribution in [-0.4, -0.2) is 55.9 Å². The van der Waals surface area contributed by atoms with E-state index in [1.165, 1.54) is 7.11 Å². The van der Waals surface area contributed by atoms with E-state index in [0.717, 1.165) is 12.8 Å². The molecule has 1 aliphatic rings. The largest absolute Gasteiger partial charge is 0.494 e. The van der Waals surface area contributed by atoms with Gasteiger partial charge in [-0.25, -0.2) is 0 Å². The average Bonchev–Trinajstić information content (AvgIpc) is 3.28. The third-order valence-corrected chi connectivity index (χ3v) is 6.55. The fraction of sp³-hybridized carbons (Fsp3) is 0.640. The number of nitrogens with one attached hydrogen (secondary N) is 1. The lowest BCUT2D eigenvalue weighted by atomic mass is 9.75. The second-order valence-electron chi connectivity index (χ2n) is 8.78. The molecule has 0 bridgehead atoms. The van der Waals surface area contributed by atoms with Gasteiger partial charge in [0.1, 0.15) is 5.75 Å². The summed E-state index contributed by atoms with van der Waals surface area (Å²) >= 11 is 5.90. The molecular formula is C25H36ClNO7. The second kappa shape index (κ2) is 14.2. The topological polar surface area (TPSA) is 111 Å². The Hall–Kier alpha value is -2.32. The molecule has 1 aromatic rings. The highest BCUT2D eigenvalue weighted by Gasteiger charge is 2.44. The van der Waals surface area contributed by atoms with Crippen molar-refractivity contribution in [2.45, 2.75) is 64.3 Å². The molecular weight excluding hydrogens is 462 g/mol. The van der Waals surface area contributed by atoms with Crippen LogP contribution in [0.5, 0.6) is 5.75 Å². The van der Waals surface area contributed by atoms with E-state index in [-0.39, 0.29) is 32.0 Å². The number of esters is 1. The van der Waals surface area contributed by atoms with Gasteiger partial charge < -0.3 is 24.6 Å². The predicted molar refractivity (Wildman–Crippen MR) is 128 cm³/mol. The zero-order chi connectivity index (χ0) is 25.0. The SMILES string of the molecule is CCOC(=O)C[C@H](CCOc1ccc(Cl)cc1)NC(=O)C1(C[C@@H](CCOC)C(=O)O)CCCC1. The molecule has 2 atom stereocenters. The van der Waals surface area contributed by atoms with Gasteiger partial charge >= 0.3 is 11.9 Å². The monoisotopic (exact) mass is 497 g/mol. The van der Waals surface area contributed by atoms with Gasteiger partial charge in [0, 0.05) is 31.2 Å². The number of carbonyl (C=O) groups excluding carboxylic acids is 2. The number of benzene rings is 1. The van der Waals surface area contributed by atoms with Crippen LogP contribution in [0.1, 0.15) is 58.3 Å². The van der Waals surface area contributed by atoms with Crippen LogP contribution in [0.15, 0.2) is 24.3 Å². The van der Waals surface area contributed by atoms with E-state index < -0.39 is 29.3 Å². The molecule has 0 aromatic heterocycles. The van der Waals surface area contributed by atoms with Crippen molar-refractivity contribution in [3.63, 3.8) is 0 Å². The Morgan fingerprint density at radius 1 is 1.12 bits per heavy atom. The molecule has 1 fully saturated rings. The van der Waals surface area contributed by atoms with Crippen molar-refractivity contribution in [2.24, 2.45) is 11.3 Å². The van der Waals surface area contributed by atoms with E-state index in [0.29, 0.717) is 43.1 Å². The summed E-state index contributed by atoms with van der Waals surface area (Å²) in [6.07, 6.45) is 4.01. The van der Waals surface area contributed by atoms with E-state index in [2.05, 4.69) is 5.32 Å². The van der Waals surface area contributed by atoms with Crippen LogP contribution in [-0.2, 0) is 23.9 Å². The minimum atomic E-state index is -0.921. The van der Waals surface area contributed by atoms with Crippen LogP contribution in [0.2, 0.25) is 5.02 Å². The lowest BCUT2D eigenvalue weighted by molar-refractivity contribution is -0.145. The van der Waals surface area contributed by atoms with Crippen LogP contribution in [0, 0.1) is 11.3 Å². The Labute approximate surface area is 206 Å². The molecule has 0 radical (unpaired) electrons. The lowest BCUT2D eigenvalue weighted by Crippen LogP contribution is -2.47. The fourth-order valence-corrected chi connectivity index (χ4v) is 4.58. The number of halogens is 1. The molecule has 2 rings (SSSR count). The maximum Gasteiger partial charge on any atom is 0.307 e. The number of aliphatic carboxylic acids is 1. The summed E-state index contributed by atoms with van der Waals surface area (Å²) in [5, 5.41) is 13.3. The van der Waals surface area contributed by atoms with Gasteiger partial charge in [0.25, 0.3) is 0 Å². The van der Waals surface area contributed by atoms with E-state index in [4.69, 9.17) is 25.8 Å². The molecule has 34 heavy (non-hydrogen) atoms. The predicted octanol–water partition coefficient (Wildman–Crippen LogP) is 4.23.